The minimum absolute atomic E-state index is 0.0460. The van der Waals surface area contributed by atoms with Gasteiger partial charge in [0.25, 0.3) is 0 Å². The number of aryl methyl sites for hydroxylation is 1. The zero-order chi connectivity index (χ0) is 19.7. The molecule has 1 aliphatic heterocycles. The fraction of sp³-hybridized carbons (Fsp3) is 0.450. The lowest BCUT2D eigenvalue weighted by Crippen LogP contribution is -2.48. The van der Waals surface area contributed by atoms with Crippen LogP contribution in [0.15, 0.2) is 24.3 Å². The summed E-state index contributed by atoms with van der Waals surface area (Å²) < 4.78 is 1.81. The van der Waals surface area contributed by atoms with E-state index in [0.717, 1.165) is 22.6 Å². The number of aliphatic carboxylic acids is 1. The average Bonchev–Trinajstić information content (AvgIpc) is 2.90. The van der Waals surface area contributed by atoms with Crippen molar-refractivity contribution in [3.8, 4) is 5.69 Å². The first-order valence-corrected chi connectivity index (χ1v) is 9.49. The largest absolute Gasteiger partial charge is 0.481 e. The first-order valence-electron chi connectivity index (χ1n) is 9.11. The van der Waals surface area contributed by atoms with E-state index in [1.54, 1.807) is 17.0 Å². The van der Waals surface area contributed by atoms with E-state index < -0.39 is 11.9 Å². The van der Waals surface area contributed by atoms with Gasteiger partial charge in [0.15, 0.2) is 0 Å². The molecule has 6 nitrogen and oxygen atoms in total. The molecule has 1 aromatic carbocycles. The summed E-state index contributed by atoms with van der Waals surface area (Å²) in [4.78, 5) is 25.9. The summed E-state index contributed by atoms with van der Waals surface area (Å²) in [5.74, 6) is -1.36. The predicted molar refractivity (Wildman–Crippen MR) is 103 cm³/mol. The molecular formula is C20H24ClN3O3. The van der Waals surface area contributed by atoms with Gasteiger partial charge in [0.05, 0.1) is 23.7 Å². The van der Waals surface area contributed by atoms with Gasteiger partial charge in [0.2, 0.25) is 5.91 Å². The second-order valence-corrected chi connectivity index (χ2v) is 7.66. The van der Waals surface area contributed by atoms with Crippen LogP contribution in [0.25, 0.3) is 5.69 Å². The van der Waals surface area contributed by atoms with Crippen LogP contribution in [-0.4, -0.2) is 44.3 Å². The van der Waals surface area contributed by atoms with Crippen molar-refractivity contribution in [3.63, 3.8) is 0 Å². The lowest BCUT2D eigenvalue weighted by atomic mass is 9.93. The molecule has 2 aromatic rings. The van der Waals surface area contributed by atoms with Gasteiger partial charge in [-0.15, -0.1) is 0 Å². The van der Waals surface area contributed by atoms with Crippen LogP contribution >= 0.6 is 11.6 Å². The molecule has 1 amide bonds. The number of carbonyl (C=O) groups excluding carboxylic acids is 1. The molecule has 144 valence electrons. The molecule has 1 aromatic heterocycles. The zero-order valence-corrected chi connectivity index (χ0v) is 16.5. The Balaban J connectivity index is 1.82. The lowest BCUT2D eigenvalue weighted by molar-refractivity contribution is -0.147. The maximum Gasteiger partial charge on any atom is 0.308 e. The van der Waals surface area contributed by atoms with Crippen molar-refractivity contribution in [2.24, 2.45) is 5.92 Å². The van der Waals surface area contributed by atoms with Crippen molar-refractivity contribution in [3.05, 3.63) is 46.2 Å². The standard InChI is InChI=1S/C20H24ClN3O3/c1-12-4-5-15(20(26)27)11-23(12)19(25)10-18-13(2)22-24(14(18)3)17-8-6-16(21)7-9-17/h6-9,12,15H,4-5,10-11H2,1-3H3,(H,26,27). The molecular weight excluding hydrogens is 366 g/mol. The fourth-order valence-electron chi connectivity index (χ4n) is 3.67. The highest BCUT2D eigenvalue weighted by atomic mass is 35.5. The van der Waals surface area contributed by atoms with Gasteiger partial charge in [-0.3, -0.25) is 9.59 Å². The molecule has 0 radical (unpaired) electrons. The SMILES string of the molecule is Cc1nn(-c2ccc(Cl)cc2)c(C)c1CC(=O)N1CC(C(=O)O)CCC1C. The Hall–Kier alpha value is -2.34. The number of carbonyl (C=O) groups is 2. The van der Waals surface area contributed by atoms with Crippen LogP contribution < -0.4 is 0 Å². The molecule has 2 atom stereocenters. The van der Waals surface area contributed by atoms with E-state index >= 15 is 0 Å². The van der Waals surface area contributed by atoms with Crippen molar-refractivity contribution in [1.29, 1.82) is 0 Å². The first kappa shape index (κ1) is 19.4. The normalized spacial score (nSPS) is 19.9. The number of hydrogen-bond acceptors (Lipinski definition) is 3. The first-order chi connectivity index (χ1) is 12.8. The fourth-order valence-corrected chi connectivity index (χ4v) is 3.80. The molecule has 27 heavy (non-hydrogen) atoms. The molecule has 7 heteroatoms. The number of rotatable bonds is 4. The van der Waals surface area contributed by atoms with Gasteiger partial charge in [-0.2, -0.15) is 5.10 Å². The molecule has 2 unspecified atom stereocenters. The van der Waals surface area contributed by atoms with E-state index in [1.165, 1.54) is 0 Å². The molecule has 1 fully saturated rings. The minimum atomic E-state index is -0.831. The van der Waals surface area contributed by atoms with Crippen molar-refractivity contribution in [2.45, 2.75) is 46.1 Å². The molecule has 0 aliphatic carbocycles. The number of benzene rings is 1. The van der Waals surface area contributed by atoms with Gasteiger partial charge < -0.3 is 10.0 Å². The Kier molecular flexibility index (Phi) is 5.56. The van der Waals surface area contributed by atoms with Crippen LogP contribution in [0.1, 0.15) is 36.7 Å². The van der Waals surface area contributed by atoms with Gasteiger partial charge in [0.1, 0.15) is 0 Å². The summed E-state index contributed by atoms with van der Waals surface area (Å²) in [6, 6.07) is 7.44. The molecule has 0 bridgehead atoms. The van der Waals surface area contributed by atoms with E-state index in [-0.39, 0.29) is 24.9 Å². The third kappa shape index (κ3) is 4.00. The summed E-state index contributed by atoms with van der Waals surface area (Å²) in [7, 11) is 0. The summed E-state index contributed by atoms with van der Waals surface area (Å²) in [6.07, 6.45) is 1.56. The number of hydrogen-bond donors (Lipinski definition) is 1. The number of carboxylic acid groups (broad SMARTS) is 1. The van der Waals surface area contributed by atoms with Gasteiger partial charge in [0, 0.05) is 28.9 Å². The number of aromatic nitrogens is 2. The van der Waals surface area contributed by atoms with Crippen LogP contribution in [0.3, 0.4) is 0 Å². The lowest BCUT2D eigenvalue weighted by Gasteiger charge is -2.36. The quantitative estimate of drug-likeness (QED) is 0.869. The maximum absolute atomic E-state index is 12.9. The Labute approximate surface area is 163 Å². The van der Waals surface area contributed by atoms with Gasteiger partial charge in [-0.1, -0.05) is 11.6 Å². The Morgan fingerprint density at radius 1 is 1.22 bits per heavy atom. The molecule has 1 N–H and O–H groups in total. The Morgan fingerprint density at radius 2 is 1.89 bits per heavy atom. The topological polar surface area (TPSA) is 75.4 Å². The highest BCUT2D eigenvalue weighted by Gasteiger charge is 2.33. The highest BCUT2D eigenvalue weighted by Crippen LogP contribution is 2.25. The second-order valence-electron chi connectivity index (χ2n) is 7.22. The van der Waals surface area contributed by atoms with Crippen LogP contribution in [-0.2, 0) is 16.0 Å². The van der Waals surface area contributed by atoms with E-state index in [1.807, 2.05) is 37.6 Å². The smallest absolute Gasteiger partial charge is 0.308 e. The second kappa shape index (κ2) is 7.72. The van der Waals surface area contributed by atoms with Crippen LogP contribution in [0, 0.1) is 19.8 Å². The van der Waals surface area contributed by atoms with Crippen molar-refractivity contribution in [1.82, 2.24) is 14.7 Å². The number of nitrogens with zero attached hydrogens (tertiary/aromatic N) is 3. The predicted octanol–water partition coefficient (Wildman–Crippen LogP) is 3.40. The molecule has 1 aliphatic rings. The molecule has 2 heterocycles. The number of piperidine rings is 1. The summed E-state index contributed by atoms with van der Waals surface area (Å²) in [5.41, 5.74) is 3.48. The summed E-state index contributed by atoms with van der Waals surface area (Å²) >= 11 is 5.96. The number of carboxylic acids is 1. The summed E-state index contributed by atoms with van der Waals surface area (Å²) in [5, 5.41) is 14.5. The van der Waals surface area contributed by atoms with E-state index in [4.69, 9.17) is 11.6 Å². The summed E-state index contributed by atoms with van der Waals surface area (Å²) in [6.45, 7) is 6.09. The molecule has 0 saturated carbocycles. The number of halogens is 1. The number of likely N-dealkylation sites (tertiary alicyclic amines) is 1. The maximum atomic E-state index is 12.9. The van der Waals surface area contributed by atoms with E-state index in [0.29, 0.717) is 17.9 Å². The number of amides is 1. The van der Waals surface area contributed by atoms with Crippen molar-refractivity contribution < 1.29 is 14.7 Å². The van der Waals surface area contributed by atoms with Gasteiger partial charge in [-0.25, -0.2) is 4.68 Å². The Bertz CT molecular complexity index is 860. The third-order valence-corrected chi connectivity index (χ3v) is 5.64. The van der Waals surface area contributed by atoms with Crippen LogP contribution in [0.5, 0.6) is 0 Å². The van der Waals surface area contributed by atoms with Crippen LogP contribution in [0.4, 0.5) is 0 Å². The monoisotopic (exact) mass is 389 g/mol. The highest BCUT2D eigenvalue weighted by molar-refractivity contribution is 6.30. The third-order valence-electron chi connectivity index (χ3n) is 5.39. The van der Waals surface area contributed by atoms with E-state index in [9.17, 15) is 14.7 Å². The van der Waals surface area contributed by atoms with Gasteiger partial charge >= 0.3 is 5.97 Å². The average molecular weight is 390 g/mol. The molecule has 0 spiro atoms. The van der Waals surface area contributed by atoms with Gasteiger partial charge in [-0.05, 0) is 57.9 Å². The van der Waals surface area contributed by atoms with E-state index in [2.05, 4.69) is 5.10 Å². The molecule has 3 rings (SSSR count). The zero-order valence-electron chi connectivity index (χ0n) is 15.8. The van der Waals surface area contributed by atoms with Crippen LogP contribution in [0.2, 0.25) is 5.02 Å². The van der Waals surface area contributed by atoms with Crippen molar-refractivity contribution >= 4 is 23.5 Å². The minimum Gasteiger partial charge on any atom is -0.481 e. The Morgan fingerprint density at radius 3 is 2.52 bits per heavy atom. The van der Waals surface area contributed by atoms with Crippen molar-refractivity contribution in [2.75, 3.05) is 6.54 Å². The molecule has 1 saturated heterocycles.